The quantitative estimate of drug-likeness (QED) is 0.251. The van der Waals surface area contributed by atoms with Gasteiger partial charge in [0.05, 0.1) is 23.4 Å². The Kier molecular flexibility index (Phi) is 8.28. The number of ether oxygens (including phenoxy) is 2. The van der Waals surface area contributed by atoms with Crippen molar-refractivity contribution in [3.8, 4) is 23.0 Å². The summed E-state index contributed by atoms with van der Waals surface area (Å²) in [6.45, 7) is 0.372. The van der Waals surface area contributed by atoms with Crippen LogP contribution in [-0.4, -0.2) is 30.6 Å². The van der Waals surface area contributed by atoms with Gasteiger partial charge in [0, 0.05) is 12.1 Å². The number of methoxy groups -OCH3 is 1. The van der Waals surface area contributed by atoms with E-state index in [0.29, 0.717) is 30.2 Å². The van der Waals surface area contributed by atoms with E-state index in [0.717, 1.165) is 11.3 Å². The number of halogens is 1. The van der Waals surface area contributed by atoms with Crippen LogP contribution in [0.3, 0.4) is 0 Å². The summed E-state index contributed by atoms with van der Waals surface area (Å²) in [7, 11) is 1.60. The van der Waals surface area contributed by atoms with Gasteiger partial charge in [-0.25, -0.2) is 0 Å². The number of phenolic OH excluding ortho intramolecular Hbond substituents is 1. The average molecular weight is 517 g/mol. The summed E-state index contributed by atoms with van der Waals surface area (Å²) in [5.74, 6) is 0.812. The Bertz CT molecular complexity index is 1410. The number of anilines is 1. The molecular weight excluding hydrogens is 492 g/mol. The summed E-state index contributed by atoms with van der Waals surface area (Å²) in [4.78, 5) is 26.1. The van der Waals surface area contributed by atoms with Crippen LogP contribution in [-0.2, 0) is 6.42 Å². The lowest BCUT2D eigenvalue weighted by atomic mass is 10.1. The molecule has 3 N–H and O–H groups in total. The molecule has 0 aliphatic heterocycles. The average Bonchev–Trinajstić information content (AvgIpc) is 2.91. The fourth-order valence-electron chi connectivity index (χ4n) is 3.59. The molecule has 188 valence electrons. The van der Waals surface area contributed by atoms with E-state index in [1.165, 1.54) is 18.2 Å². The third-order valence-electron chi connectivity index (χ3n) is 5.51. The number of carbonyl (C=O) groups excluding carboxylic acids is 2. The normalized spacial score (nSPS) is 10.4. The van der Waals surface area contributed by atoms with Crippen molar-refractivity contribution >= 4 is 29.1 Å². The highest BCUT2D eigenvalue weighted by molar-refractivity contribution is 6.32. The van der Waals surface area contributed by atoms with Gasteiger partial charge >= 0.3 is 0 Å². The Morgan fingerprint density at radius 1 is 0.838 bits per heavy atom. The first-order chi connectivity index (χ1) is 17.9. The number of amides is 2. The monoisotopic (exact) mass is 516 g/mol. The zero-order valence-corrected chi connectivity index (χ0v) is 20.8. The fraction of sp³-hybridized carbons (Fsp3) is 0.103. The van der Waals surface area contributed by atoms with Gasteiger partial charge in [-0.2, -0.15) is 0 Å². The minimum atomic E-state index is -0.482. The van der Waals surface area contributed by atoms with Gasteiger partial charge in [0.25, 0.3) is 11.8 Å². The number of rotatable bonds is 9. The zero-order chi connectivity index (χ0) is 26.2. The summed E-state index contributed by atoms with van der Waals surface area (Å²) >= 11 is 5.95. The van der Waals surface area contributed by atoms with Crippen LogP contribution >= 0.6 is 11.6 Å². The highest BCUT2D eigenvalue weighted by Crippen LogP contribution is 2.28. The van der Waals surface area contributed by atoms with Crippen molar-refractivity contribution in [1.29, 1.82) is 0 Å². The van der Waals surface area contributed by atoms with Crippen molar-refractivity contribution in [3.05, 3.63) is 113 Å². The zero-order valence-electron chi connectivity index (χ0n) is 20.0. The first-order valence-electron chi connectivity index (χ1n) is 11.5. The van der Waals surface area contributed by atoms with Gasteiger partial charge in [0.15, 0.2) is 0 Å². The lowest BCUT2D eigenvalue weighted by molar-refractivity contribution is 0.0954. The highest BCUT2D eigenvalue weighted by atomic mass is 35.5. The molecule has 8 heteroatoms. The summed E-state index contributed by atoms with van der Waals surface area (Å²) in [6.07, 6.45) is 0.594. The molecule has 0 bridgehead atoms. The molecule has 2 amide bonds. The molecule has 0 saturated carbocycles. The molecule has 0 unspecified atom stereocenters. The third-order valence-corrected chi connectivity index (χ3v) is 5.81. The number of phenols is 1. The second kappa shape index (κ2) is 12.0. The SMILES string of the molecule is COc1cccc(CCNC(=O)c2cc(Oc3ccccc3)ccc2NC(=O)c2ccc(O)c(Cl)c2)c1. The molecular formula is C29H25ClN2O5. The van der Waals surface area contributed by atoms with E-state index in [1.807, 2.05) is 42.5 Å². The first kappa shape index (κ1) is 25.6. The Labute approximate surface area is 219 Å². The molecule has 0 aliphatic rings. The topological polar surface area (TPSA) is 96.9 Å². The standard InChI is InChI=1S/C29H25ClN2O5/c1-36-22-9-5-6-19(16-22)14-15-31-29(35)24-18-23(37-21-7-3-2-4-8-21)11-12-26(24)32-28(34)20-10-13-27(33)25(30)17-20/h2-13,16-18,33H,14-15H2,1H3,(H,31,35)(H,32,34). The number of hydrogen-bond donors (Lipinski definition) is 3. The summed E-state index contributed by atoms with van der Waals surface area (Å²) in [6, 6.07) is 25.8. The molecule has 0 fully saturated rings. The summed E-state index contributed by atoms with van der Waals surface area (Å²) < 4.78 is 11.1. The molecule has 0 heterocycles. The lowest BCUT2D eigenvalue weighted by Crippen LogP contribution is -2.27. The van der Waals surface area contributed by atoms with Crippen molar-refractivity contribution in [2.75, 3.05) is 19.0 Å². The van der Waals surface area contributed by atoms with Crippen LogP contribution in [0.25, 0.3) is 0 Å². The maximum atomic E-state index is 13.2. The molecule has 0 saturated heterocycles. The van der Waals surface area contributed by atoms with E-state index in [-0.39, 0.29) is 27.8 Å². The van der Waals surface area contributed by atoms with Crippen molar-refractivity contribution in [1.82, 2.24) is 5.32 Å². The molecule has 4 rings (SSSR count). The highest BCUT2D eigenvalue weighted by Gasteiger charge is 2.17. The van der Waals surface area contributed by atoms with Crippen LogP contribution < -0.4 is 20.1 Å². The maximum absolute atomic E-state index is 13.2. The predicted molar refractivity (Wildman–Crippen MR) is 143 cm³/mol. The van der Waals surface area contributed by atoms with Crippen molar-refractivity contribution in [2.24, 2.45) is 0 Å². The van der Waals surface area contributed by atoms with Gasteiger partial charge in [0.1, 0.15) is 23.0 Å². The van der Waals surface area contributed by atoms with Crippen molar-refractivity contribution in [2.45, 2.75) is 6.42 Å². The number of aromatic hydroxyl groups is 1. The Morgan fingerprint density at radius 2 is 1.62 bits per heavy atom. The Morgan fingerprint density at radius 3 is 2.38 bits per heavy atom. The van der Waals surface area contributed by atoms with Crippen LogP contribution in [0.2, 0.25) is 5.02 Å². The summed E-state index contributed by atoms with van der Waals surface area (Å²) in [5.41, 5.74) is 1.78. The summed E-state index contributed by atoms with van der Waals surface area (Å²) in [5, 5.41) is 15.4. The minimum Gasteiger partial charge on any atom is -0.506 e. The largest absolute Gasteiger partial charge is 0.506 e. The van der Waals surface area contributed by atoms with Gasteiger partial charge in [-0.15, -0.1) is 0 Å². The van der Waals surface area contributed by atoms with E-state index in [4.69, 9.17) is 21.1 Å². The molecule has 0 aromatic heterocycles. The maximum Gasteiger partial charge on any atom is 0.255 e. The number of para-hydroxylation sites is 1. The third kappa shape index (κ3) is 6.80. The Balaban J connectivity index is 1.54. The second-order valence-corrected chi connectivity index (χ2v) is 8.51. The molecule has 37 heavy (non-hydrogen) atoms. The molecule has 0 radical (unpaired) electrons. The van der Waals surface area contributed by atoms with Crippen LogP contribution in [0, 0.1) is 0 Å². The van der Waals surface area contributed by atoms with E-state index in [2.05, 4.69) is 10.6 Å². The van der Waals surface area contributed by atoms with Crippen LogP contribution in [0.4, 0.5) is 5.69 Å². The van der Waals surface area contributed by atoms with Crippen molar-refractivity contribution < 1.29 is 24.2 Å². The van der Waals surface area contributed by atoms with E-state index in [1.54, 1.807) is 37.4 Å². The molecule has 4 aromatic carbocycles. The number of nitrogens with one attached hydrogen (secondary N) is 2. The second-order valence-electron chi connectivity index (χ2n) is 8.10. The van der Waals surface area contributed by atoms with Gasteiger partial charge in [0.2, 0.25) is 0 Å². The van der Waals surface area contributed by atoms with Crippen LogP contribution in [0.1, 0.15) is 26.3 Å². The first-order valence-corrected chi connectivity index (χ1v) is 11.9. The van der Waals surface area contributed by atoms with Crippen LogP contribution in [0.5, 0.6) is 23.0 Å². The predicted octanol–water partition coefficient (Wildman–Crippen LogP) is 6.07. The van der Waals surface area contributed by atoms with Crippen LogP contribution in [0.15, 0.2) is 91.0 Å². The molecule has 0 atom stereocenters. The van der Waals surface area contributed by atoms with Gasteiger partial charge in [-0.05, 0) is 72.6 Å². The van der Waals surface area contributed by atoms with Gasteiger partial charge < -0.3 is 25.2 Å². The number of carbonyl (C=O) groups is 2. The Hall–Kier alpha value is -4.49. The lowest BCUT2D eigenvalue weighted by Gasteiger charge is -2.14. The van der Waals surface area contributed by atoms with Crippen molar-refractivity contribution in [3.63, 3.8) is 0 Å². The molecule has 4 aromatic rings. The number of benzene rings is 4. The number of hydrogen-bond acceptors (Lipinski definition) is 5. The minimum absolute atomic E-state index is 0.0507. The van der Waals surface area contributed by atoms with E-state index >= 15 is 0 Å². The smallest absolute Gasteiger partial charge is 0.255 e. The van der Waals surface area contributed by atoms with Gasteiger partial charge in [-0.3, -0.25) is 9.59 Å². The fourth-order valence-corrected chi connectivity index (χ4v) is 3.78. The van der Waals surface area contributed by atoms with Gasteiger partial charge in [-0.1, -0.05) is 41.9 Å². The molecule has 0 aliphatic carbocycles. The molecule has 7 nitrogen and oxygen atoms in total. The van der Waals surface area contributed by atoms with E-state index < -0.39 is 5.91 Å². The molecule has 0 spiro atoms. The van der Waals surface area contributed by atoms with E-state index in [9.17, 15) is 14.7 Å².